The van der Waals surface area contributed by atoms with Gasteiger partial charge in [0.15, 0.2) is 0 Å². The van der Waals surface area contributed by atoms with E-state index >= 15 is 0 Å². The number of benzene rings is 1. The molecule has 0 atom stereocenters. The van der Waals surface area contributed by atoms with E-state index in [1.165, 1.54) is 24.2 Å². The fourth-order valence-corrected chi connectivity index (χ4v) is 3.83. The Labute approximate surface area is 128 Å². The molecule has 3 rings (SSSR count). The molecule has 0 radical (unpaired) electrons. The highest BCUT2D eigenvalue weighted by Crippen LogP contribution is 2.34. The van der Waals surface area contributed by atoms with E-state index in [-0.39, 0.29) is 5.91 Å². The highest BCUT2D eigenvalue weighted by atomic mass is 32.1. The zero-order chi connectivity index (χ0) is 14.8. The topological polar surface area (TPSA) is 58.4 Å². The lowest BCUT2D eigenvalue weighted by atomic mass is 10.1. The fourth-order valence-electron chi connectivity index (χ4n) is 2.81. The molecule has 1 aliphatic rings. The van der Waals surface area contributed by atoms with Crippen LogP contribution < -0.4 is 11.1 Å². The first kappa shape index (κ1) is 14.4. The monoisotopic (exact) mass is 303 g/mol. The van der Waals surface area contributed by atoms with Gasteiger partial charge in [-0.25, -0.2) is 0 Å². The number of thiophene rings is 1. The van der Waals surface area contributed by atoms with Crippen LogP contribution in [0.1, 0.15) is 28.1 Å². The third-order valence-corrected chi connectivity index (χ3v) is 5.19. The number of amides is 1. The molecule has 0 spiro atoms. The Kier molecular flexibility index (Phi) is 4.12. The van der Waals surface area contributed by atoms with Crippen LogP contribution in [0.2, 0.25) is 0 Å². The second kappa shape index (κ2) is 6.03. The normalized spacial score (nSPS) is 15.7. The summed E-state index contributed by atoms with van der Waals surface area (Å²) >= 11 is 1.47. The minimum Gasteiger partial charge on any atom is -0.397 e. The Morgan fingerprint density at radius 1 is 1.38 bits per heavy atom. The van der Waals surface area contributed by atoms with E-state index in [0.717, 1.165) is 35.3 Å². The minimum atomic E-state index is -0.0504. The van der Waals surface area contributed by atoms with Gasteiger partial charge in [-0.1, -0.05) is 11.6 Å². The van der Waals surface area contributed by atoms with Gasteiger partial charge in [0.25, 0.3) is 5.91 Å². The molecular formula is C16H21N3OS. The zero-order valence-electron chi connectivity index (χ0n) is 12.3. The Balaban J connectivity index is 1.67. The average molecular weight is 303 g/mol. The van der Waals surface area contributed by atoms with E-state index < -0.39 is 0 Å². The third-order valence-electron chi connectivity index (χ3n) is 4.00. The number of nitrogens with zero attached hydrogens (tertiary/aromatic N) is 1. The molecule has 0 unspecified atom stereocenters. The van der Waals surface area contributed by atoms with Crippen molar-refractivity contribution in [1.29, 1.82) is 0 Å². The van der Waals surface area contributed by atoms with Crippen molar-refractivity contribution in [2.45, 2.75) is 19.8 Å². The standard InChI is InChI=1S/C16H21N3OS/c1-11-4-5-13-12(10-11)14(17)15(21-13)16(20)18-6-9-19-7-2-3-8-19/h4-5,10H,2-3,6-9,17H2,1H3,(H,18,20). The van der Waals surface area contributed by atoms with Crippen LogP contribution in [0.25, 0.3) is 10.1 Å². The number of rotatable bonds is 4. The number of carbonyl (C=O) groups excluding carboxylic acids is 1. The van der Waals surface area contributed by atoms with E-state index in [0.29, 0.717) is 17.1 Å². The van der Waals surface area contributed by atoms with Gasteiger partial charge in [-0.15, -0.1) is 11.3 Å². The second-order valence-electron chi connectivity index (χ2n) is 5.65. The average Bonchev–Trinajstić information content (AvgIpc) is 3.08. The summed E-state index contributed by atoms with van der Waals surface area (Å²) in [6.07, 6.45) is 2.55. The lowest BCUT2D eigenvalue weighted by molar-refractivity contribution is 0.0954. The molecule has 1 fully saturated rings. The number of likely N-dealkylation sites (tertiary alicyclic amines) is 1. The van der Waals surface area contributed by atoms with Gasteiger partial charge in [-0.2, -0.15) is 0 Å². The Morgan fingerprint density at radius 2 is 2.14 bits per heavy atom. The van der Waals surface area contributed by atoms with Crippen LogP contribution >= 0.6 is 11.3 Å². The maximum atomic E-state index is 12.3. The minimum absolute atomic E-state index is 0.0504. The molecule has 21 heavy (non-hydrogen) atoms. The van der Waals surface area contributed by atoms with Crippen LogP contribution in [0.5, 0.6) is 0 Å². The summed E-state index contributed by atoms with van der Waals surface area (Å²) in [5.74, 6) is -0.0504. The molecule has 2 heterocycles. The van der Waals surface area contributed by atoms with Crippen molar-refractivity contribution in [3.8, 4) is 0 Å². The highest BCUT2D eigenvalue weighted by Gasteiger charge is 2.17. The molecule has 3 N–H and O–H groups in total. The number of nitrogen functional groups attached to an aromatic ring is 1. The van der Waals surface area contributed by atoms with E-state index in [1.54, 1.807) is 0 Å². The van der Waals surface area contributed by atoms with Crippen molar-refractivity contribution in [2.24, 2.45) is 0 Å². The summed E-state index contributed by atoms with van der Waals surface area (Å²) in [7, 11) is 0. The largest absolute Gasteiger partial charge is 0.397 e. The van der Waals surface area contributed by atoms with Crippen molar-refractivity contribution in [3.05, 3.63) is 28.6 Å². The van der Waals surface area contributed by atoms with Crippen LogP contribution in [0.15, 0.2) is 18.2 Å². The molecule has 5 heteroatoms. The molecule has 112 valence electrons. The number of fused-ring (bicyclic) bond motifs is 1. The van der Waals surface area contributed by atoms with Gasteiger partial charge in [0.1, 0.15) is 4.88 Å². The molecule has 0 saturated carbocycles. The lowest BCUT2D eigenvalue weighted by Gasteiger charge is -2.14. The van der Waals surface area contributed by atoms with Crippen molar-refractivity contribution >= 4 is 33.0 Å². The summed E-state index contributed by atoms with van der Waals surface area (Å²) < 4.78 is 1.07. The molecule has 0 bridgehead atoms. The van der Waals surface area contributed by atoms with Crippen LogP contribution in [0, 0.1) is 6.92 Å². The second-order valence-corrected chi connectivity index (χ2v) is 6.70. The van der Waals surface area contributed by atoms with Gasteiger partial charge in [-0.3, -0.25) is 4.79 Å². The number of nitrogens with two attached hydrogens (primary N) is 1. The predicted octanol–water partition coefficient (Wildman–Crippen LogP) is 2.62. The Morgan fingerprint density at radius 3 is 2.90 bits per heavy atom. The number of hydrogen-bond donors (Lipinski definition) is 2. The van der Waals surface area contributed by atoms with Crippen molar-refractivity contribution in [1.82, 2.24) is 10.2 Å². The molecule has 1 amide bonds. The van der Waals surface area contributed by atoms with Crippen LogP contribution in [-0.2, 0) is 0 Å². The first-order chi connectivity index (χ1) is 10.1. The SMILES string of the molecule is Cc1ccc2sc(C(=O)NCCN3CCCC3)c(N)c2c1. The van der Waals surface area contributed by atoms with E-state index in [2.05, 4.69) is 10.2 Å². The first-order valence-electron chi connectivity index (χ1n) is 7.44. The molecule has 1 saturated heterocycles. The van der Waals surface area contributed by atoms with Crippen molar-refractivity contribution in [2.75, 3.05) is 31.9 Å². The van der Waals surface area contributed by atoms with Gasteiger partial charge in [0, 0.05) is 23.2 Å². The van der Waals surface area contributed by atoms with Crippen LogP contribution in [0.4, 0.5) is 5.69 Å². The van der Waals surface area contributed by atoms with E-state index in [9.17, 15) is 4.79 Å². The summed E-state index contributed by atoms with van der Waals surface area (Å²) in [6, 6.07) is 6.13. The van der Waals surface area contributed by atoms with E-state index in [4.69, 9.17) is 5.73 Å². The summed E-state index contributed by atoms with van der Waals surface area (Å²) in [5.41, 5.74) is 7.91. The smallest absolute Gasteiger partial charge is 0.263 e. The Bertz CT molecular complexity index is 659. The molecule has 1 aliphatic heterocycles. The number of hydrogen-bond acceptors (Lipinski definition) is 4. The molecule has 1 aromatic heterocycles. The van der Waals surface area contributed by atoms with Crippen LogP contribution in [0.3, 0.4) is 0 Å². The Hall–Kier alpha value is -1.59. The zero-order valence-corrected chi connectivity index (χ0v) is 13.1. The predicted molar refractivity (Wildman–Crippen MR) is 89.0 cm³/mol. The van der Waals surface area contributed by atoms with Gasteiger partial charge < -0.3 is 16.0 Å². The molecule has 2 aromatic rings. The number of carbonyl (C=O) groups is 1. The number of anilines is 1. The summed E-state index contributed by atoms with van der Waals surface area (Å²) in [6.45, 7) is 5.95. The van der Waals surface area contributed by atoms with Crippen molar-refractivity contribution < 1.29 is 4.79 Å². The summed E-state index contributed by atoms with van der Waals surface area (Å²) in [5, 5.41) is 3.98. The molecule has 1 aromatic carbocycles. The van der Waals surface area contributed by atoms with Gasteiger partial charge in [-0.05, 0) is 45.0 Å². The summed E-state index contributed by atoms with van der Waals surface area (Å²) in [4.78, 5) is 15.3. The number of nitrogens with one attached hydrogen (secondary N) is 1. The van der Waals surface area contributed by atoms with Gasteiger partial charge in [0.05, 0.1) is 5.69 Å². The fraction of sp³-hybridized carbons (Fsp3) is 0.438. The van der Waals surface area contributed by atoms with Crippen LogP contribution in [-0.4, -0.2) is 37.0 Å². The maximum absolute atomic E-state index is 12.3. The van der Waals surface area contributed by atoms with Gasteiger partial charge in [0.2, 0.25) is 0 Å². The van der Waals surface area contributed by atoms with E-state index in [1.807, 2.05) is 25.1 Å². The lowest BCUT2D eigenvalue weighted by Crippen LogP contribution is -2.33. The molecule has 4 nitrogen and oxygen atoms in total. The van der Waals surface area contributed by atoms with Crippen molar-refractivity contribution in [3.63, 3.8) is 0 Å². The first-order valence-corrected chi connectivity index (χ1v) is 8.26. The maximum Gasteiger partial charge on any atom is 0.263 e. The quantitative estimate of drug-likeness (QED) is 0.913. The molecule has 0 aliphatic carbocycles. The highest BCUT2D eigenvalue weighted by molar-refractivity contribution is 7.21. The molecular weight excluding hydrogens is 282 g/mol. The third kappa shape index (κ3) is 3.04. The number of aryl methyl sites for hydroxylation is 1. The van der Waals surface area contributed by atoms with Gasteiger partial charge >= 0.3 is 0 Å².